The lowest BCUT2D eigenvalue weighted by atomic mass is 10.1. The summed E-state index contributed by atoms with van der Waals surface area (Å²) in [5.74, 6) is 0.894. The summed E-state index contributed by atoms with van der Waals surface area (Å²) in [5, 5.41) is 3.07. The van der Waals surface area contributed by atoms with E-state index in [2.05, 4.69) is 39.4 Å². The molecule has 2 aromatic carbocycles. The predicted molar refractivity (Wildman–Crippen MR) is 120 cm³/mol. The maximum Gasteiger partial charge on any atom is 0.237 e. The van der Waals surface area contributed by atoms with Gasteiger partial charge in [-0.25, -0.2) is 0 Å². The molecule has 2 aromatic rings. The molecule has 1 aliphatic rings. The van der Waals surface area contributed by atoms with Crippen LogP contribution in [0.15, 0.2) is 48.5 Å². The van der Waals surface area contributed by atoms with E-state index in [-0.39, 0.29) is 11.9 Å². The first-order chi connectivity index (χ1) is 14.6. The van der Waals surface area contributed by atoms with E-state index in [1.807, 2.05) is 38.2 Å². The molecule has 1 aliphatic heterocycles. The number of hydrogen-bond donors (Lipinski definition) is 1. The molecule has 6 heteroatoms. The molecule has 0 spiro atoms. The van der Waals surface area contributed by atoms with Crippen LogP contribution in [-0.4, -0.2) is 63.9 Å². The van der Waals surface area contributed by atoms with Crippen LogP contribution in [0, 0.1) is 0 Å². The van der Waals surface area contributed by atoms with Gasteiger partial charge in [-0.3, -0.25) is 9.69 Å². The highest BCUT2D eigenvalue weighted by Gasteiger charge is 2.20. The molecule has 0 radical (unpaired) electrons. The molecule has 1 N–H and O–H groups in total. The summed E-state index contributed by atoms with van der Waals surface area (Å²) in [5.41, 5.74) is 3.65. The Kier molecular flexibility index (Phi) is 8.11. The molecular formula is C24H33N3O3. The average Bonchev–Trinajstić information content (AvgIpc) is 2.80. The molecule has 162 valence electrons. The number of hydrogen-bond acceptors (Lipinski definition) is 5. The van der Waals surface area contributed by atoms with Crippen LogP contribution in [0.3, 0.4) is 0 Å². The number of benzene rings is 2. The minimum Gasteiger partial charge on any atom is -0.497 e. The lowest BCUT2D eigenvalue weighted by Crippen LogP contribution is -2.44. The molecule has 0 aromatic heterocycles. The number of methoxy groups -OCH3 is 1. The van der Waals surface area contributed by atoms with E-state index in [1.54, 1.807) is 7.11 Å². The van der Waals surface area contributed by atoms with E-state index in [0.29, 0.717) is 6.54 Å². The number of rotatable bonds is 9. The number of ether oxygens (including phenoxy) is 2. The second-order valence-electron chi connectivity index (χ2n) is 7.71. The van der Waals surface area contributed by atoms with Crippen LogP contribution in [-0.2, 0) is 22.5 Å². The lowest BCUT2D eigenvalue weighted by Gasteiger charge is -2.32. The molecular weight excluding hydrogens is 378 g/mol. The largest absolute Gasteiger partial charge is 0.497 e. The van der Waals surface area contributed by atoms with Gasteiger partial charge < -0.3 is 19.7 Å². The monoisotopic (exact) mass is 411 g/mol. The molecule has 1 saturated heterocycles. The van der Waals surface area contributed by atoms with Crippen molar-refractivity contribution >= 4 is 11.6 Å². The lowest BCUT2D eigenvalue weighted by molar-refractivity contribution is -0.125. The van der Waals surface area contributed by atoms with Crippen molar-refractivity contribution in [3.63, 3.8) is 0 Å². The Morgan fingerprint density at radius 3 is 2.57 bits per heavy atom. The first kappa shape index (κ1) is 22.1. The van der Waals surface area contributed by atoms with Crippen molar-refractivity contribution in [1.29, 1.82) is 0 Å². The second-order valence-corrected chi connectivity index (χ2v) is 7.71. The molecule has 1 heterocycles. The van der Waals surface area contributed by atoms with E-state index in [9.17, 15) is 4.79 Å². The van der Waals surface area contributed by atoms with Crippen LogP contribution < -0.4 is 15.0 Å². The number of nitrogens with zero attached hydrogens (tertiary/aromatic N) is 2. The molecule has 0 aliphatic carbocycles. The smallest absolute Gasteiger partial charge is 0.237 e. The minimum atomic E-state index is -0.210. The summed E-state index contributed by atoms with van der Waals surface area (Å²) < 4.78 is 10.7. The Balaban J connectivity index is 1.51. The summed E-state index contributed by atoms with van der Waals surface area (Å²) in [7, 11) is 3.66. The Hall–Kier alpha value is -2.57. The number of carbonyl (C=O) groups excluding carboxylic acids is 1. The van der Waals surface area contributed by atoms with Crippen molar-refractivity contribution in [3.8, 4) is 5.75 Å². The highest BCUT2D eigenvalue weighted by Crippen LogP contribution is 2.23. The summed E-state index contributed by atoms with van der Waals surface area (Å²) in [6.45, 7) is 6.63. The predicted octanol–water partition coefficient (Wildman–Crippen LogP) is 2.71. The van der Waals surface area contributed by atoms with E-state index in [4.69, 9.17) is 9.47 Å². The first-order valence-electron chi connectivity index (χ1n) is 10.6. The zero-order valence-corrected chi connectivity index (χ0v) is 18.3. The quantitative estimate of drug-likeness (QED) is 0.688. The average molecular weight is 412 g/mol. The van der Waals surface area contributed by atoms with Crippen molar-refractivity contribution < 1.29 is 14.3 Å². The molecule has 0 saturated carbocycles. The molecule has 6 nitrogen and oxygen atoms in total. The SMILES string of the molecule is COc1ccc(CCNC(=O)[C@@H](C)N(C)Cc2ccccc2N2CCOCC2)cc1. The van der Waals surface area contributed by atoms with Gasteiger partial charge in [-0.1, -0.05) is 30.3 Å². The zero-order valence-electron chi connectivity index (χ0n) is 18.3. The van der Waals surface area contributed by atoms with Crippen molar-refractivity contribution in [2.24, 2.45) is 0 Å². The number of likely N-dealkylation sites (N-methyl/N-ethyl adjacent to an activating group) is 1. The maximum absolute atomic E-state index is 12.7. The fraction of sp³-hybridized carbons (Fsp3) is 0.458. The van der Waals surface area contributed by atoms with Crippen molar-refractivity contribution in [2.45, 2.75) is 25.9 Å². The molecule has 3 rings (SSSR count). The van der Waals surface area contributed by atoms with Gasteiger partial charge >= 0.3 is 0 Å². The van der Waals surface area contributed by atoms with Crippen molar-refractivity contribution in [1.82, 2.24) is 10.2 Å². The Labute approximate surface area is 179 Å². The van der Waals surface area contributed by atoms with Gasteiger partial charge in [0.05, 0.1) is 26.4 Å². The van der Waals surface area contributed by atoms with Crippen LogP contribution in [0.25, 0.3) is 0 Å². The Morgan fingerprint density at radius 2 is 1.87 bits per heavy atom. The van der Waals surface area contributed by atoms with E-state index >= 15 is 0 Å². The zero-order chi connectivity index (χ0) is 21.3. The standard InChI is InChI=1S/C24H33N3O3/c1-19(24(28)25-13-12-20-8-10-22(29-3)11-9-20)26(2)18-21-6-4-5-7-23(21)27-14-16-30-17-15-27/h4-11,19H,12-18H2,1-3H3,(H,25,28)/t19-/m1/s1. The third-order valence-electron chi connectivity index (χ3n) is 5.68. The van der Waals surface area contributed by atoms with Crippen molar-refractivity contribution in [3.05, 3.63) is 59.7 Å². The number of nitrogens with one attached hydrogen (secondary N) is 1. The molecule has 30 heavy (non-hydrogen) atoms. The Bertz CT molecular complexity index is 804. The fourth-order valence-electron chi connectivity index (χ4n) is 3.63. The molecule has 1 atom stereocenters. The summed E-state index contributed by atoms with van der Waals surface area (Å²) >= 11 is 0. The first-order valence-corrected chi connectivity index (χ1v) is 10.6. The summed E-state index contributed by atoms with van der Waals surface area (Å²) in [6.07, 6.45) is 0.798. The van der Waals surface area contributed by atoms with Crippen LogP contribution in [0.2, 0.25) is 0 Å². The number of morpholine rings is 1. The van der Waals surface area contributed by atoms with Gasteiger partial charge in [-0.05, 0) is 49.7 Å². The van der Waals surface area contributed by atoms with Gasteiger partial charge in [0, 0.05) is 31.9 Å². The molecule has 0 unspecified atom stereocenters. The maximum atomic E-state index is 12.7. The summed E-state index contributed by atoms with van der Waals surface area (Å²) in [4.78, 5) is 17.1. The van der Waals surface area contributed by atoms with Gasteiger partial charge in [-0.15, -0.1) is 0 Å². The number of anilines is 1. The van der Waals surface area contributed by atoms with E-state index < -0.39 is 0 Å². The molecule has 1 fully saturated rings. The number of carbonyl (C=O) groups is 1. The van der Waals surface area contributed by atoms with Gasteiger partial charge in [0.25, 0.3) is 0 Å². The van der Waals surface area contributed by atoms with E-state index in [0.717, 1.165) is 45.0 Å². The van der Waals surface area contributed by atoms with Crippen LogP contribution in [0.1, 0.15) is 18.1 Å². The van der Waals surface area contributed by atoms with Gasteiger partial charge in [0.15, 0.2) is 0 Å². The normalized spacial score (nSPS) is 15.1. The van der Waals surface area contributed by atoms with Crippen LogP contribution in [0.5, 0.6) is 5.75 Å². The fourth-order valence-corrected chi connectivity index (χ4v) is 3.63. The van der Waals surface area contributed by atoms with Gasteiger partial charge in [-0.2, -0.15) is 0 Å². The molecule has 1 amide bonds. The minimum absolute atomic E-state index is 0.0508. The van der Waals surface area contributed by atoms with Crippen molar-refractivity contribution in [2.75, 3.05) is 51.9 Å². The third-order valence-corrected chi connectivity index (χ3v) is 5.68. The van der Waals surface area contributed by atoms with E-state index in [1.165, 1.54) is 16.8 Å². The topological polar surface area (TPSA) is 54.0 Å². The third kappa shape index (κ3) is 5.97. The second kappa shape index (κ2) is 11.0. The van der Waals surface area contributed by atoms with Gasteiger partial charge in [0.1, 0.15) is 5.75 Å². The molecule has 0 bridgehead atoms. The number of amides is 1. The highest BCUT2D eigenvalue weighted by atomic mass is 16.5. The van der Waals surface area contributed by atoms with Crippen LogP contribution >= 0.6 is 0 Å². The number of para-hydroxylation sites is 1. The van der Waals surface area contributed by atoms with Gasteiger partial charge in [0.2, 0.25) is 5.91 Å². The summed E-state index contributed by atoms with van der Waals surface area (Å²) in [6, 6.07) is 16.2. The Morgan fingerprint density at radius 1 is 1.17 bits per heavy atom. The van der Waals surface area contributed by atoms with Crippen LogP contribution in [0.4, 0.5) is 5.69 Å². The highest BCUT2D eigenvalue weighted by molar-refractivity contribution is 5.81.